The van der Waals surface area contributed by atoms with Gasteiger partial charge >= 0.3 is 0 Å². The van der Waals surface area contributed by atoms with Gasteiger partial charge in [0.1, 0.15) is 0 Å². The van der Waals surface area contributed by atoms with E-state index in [0.29, 0.717) is 18.0 Å². The summed E-state index contributed by atoms with van der Waals surface area (Å²) in [6.45, 7) is 3.66. The van der Waals surface area contributed by atoms with Crippen molar-refractivity contribution in [1.82, 2.24) is 10.2 Å². The van der Waals surface area contributed by atoms with E-state index < -0.39 is 6.10 Å². The van der Waals surface area contributed by atoms with Gasteiger partial charge in [-0.1, -0.05) is 60.7 Å². The summed E-state index contributed by atoms with van der Waals surface area (Å²) in [5.41, 5.74) is 1.96. The maximum atomic E-state index is 12.2. The fourth-order valence-corrected chi connectivity index (χ4v) is 3.43. The molecular formula is C21H26N2O2. The lowest BCUT2D eigenvalue weighted by molar-refractivity contribution is -0.129. The van der Waals surface area contributed by atoms with Crippen molar-refractivity contribution in [1.29, 1.82) is 0 Å². The van der Waals surface area contributed by atoms with Crippen LogP contribution >= 0.6 is 0 Å². The number of hydrogen-bond acceptors (Lipinski definition) is 3. The monoisotopic (exact) mass is 338 g/mol. The minimum absolute atomic E-state index is 0.314. The highest BCUT2D eigenvalue weighted by atomic mass is 16.3. The molecule has 1 amide bonds. The predicted octanol–water partition coefficient (Wildman–Crippen LogP) is 2.75. The molecule has 132 valence electrons. The number of amides is 1. The van der Waals surface area contributed by atoms with E-state index in [0.717, 1.165) is 32.5 Å². The Morgan fingerprint density at radius 3 is 2.52 bits per heavy atom. The summed E-state index contributed by atoms with van der Waals surface area (Å²) in [7, 11) is 0. The smallest absolute Gasteiger partial charge is 0.253 e. The van der Waals surface area contributed by atoms with Gasteiger partial charge in [0, 0.05) is 19.6 Å². The van der Waals surface area contributed by atoms with Crippen LogP contribution in [0.15, 0.2) is 60.7 Å². The summed E-state index contributed by atoms with van der Waals surface area (Å²) >= 11 is 0. The molecule has 0 bridgehead atoms. The molecule has 2 atom stereocenters. The van der Waals surface area contributed by atoms with Crippen LogP contribution in [0.5, 0.6) is 0 Å². The first-order valence-corrected chi connectivity index (χ1v) is 8.99. The van der Waals surface area contributed by atoms with E-state index >= 15 is 0 Å². The second-order valence-electron chi connectivity index (χ2n) is 6.79. The number of carbonyl (C=O) groups is 1. The molecule has 4 heteroatoms. The molecular weight excluding hydrogens is 312 g/mol. The zero-order valence-electron chi connectivity index (χ0n) is 14.5. The van der Waals surface area contributed by atoms with Crippen LogP contribution in [-0.4, -0.2) is 35.5 Å². The van der Waals surface area contributed by atoms with E-state index in [1.54, 1.807) is 12.1 Å². The lowest BCUT2D eigenvalue weighted by Gasteiger charge is -2.33. The number of benzene rings is 2. The molecule has 2 aromatic carbocycles. The zero-order chi connectivity index (χ0) is 17.5. The van der Waals surface area contributed by atoms with Crippen LogP contribution in [0, 0.1) is 5.92 Å². The molecule has 25 heavy (non-hydrogen) atoms. The third-order valence-corrected chi connectivity index (χ3v) is 4.78. The van der Waals surface area contributed by atoms with Crippen LogP contribution < -0.4 is 5.32 Å². The molecule has 1 fully saturated rings. The van der Waals surface area contributed by atoms with Crippen molar-refractivity contribution in [3.05, 3.63) is 71.8 Å². The molecule has 2 N–H and O–H groups in total. The van der Waals surface area contributed by atoms with Gasteiger partial charge in [-0.2, -0.15) is 0 Å². The second kappa shape index (κ2) is 8.79. The fraction of sp³-hybridized carbons (Fsp3) is 0.381. The van der Waals surface area contributed by atoms with E-state index in [4.69, 9.17) is 0 Å². The Morgan fingerprint density at radius 2 is 1.80 bits per heavy atom. The first kappa shape index (κ1) is 17.6. The van der Waals surface area contributed by atoms with Gasteiger partial charge in [0.2, 0.25) is 0 Å². The Hall–Kier alpha value is -2.17. The number of piperidine rings is 1. The third-order valence-electron chi connectivity index (χ3n) is 4.78. The van der Waals surface area contributed by atoms with Gasteiger partial charge in [-0.3, -0.25) is 9.69 Å². The van der Waals surface area contributed by atoms with Crippen molar-refractivity contribution in [2.24, 2.45) is 5.92 Å². The number of carbonyl (C=O) groups excluding carboxylic acids is 1. The van der Waals surface area contributed by atoms with Gasteiger partial charge < -0.3 is 10.4 Å². The Balaban J connectivity index is 1.47. The molecule has 2 aromatic rings. The van der Waals surface area contributed by atoms with Crippen LogP contribution in [0.4, 0.5) is 0 Å². The van der Waals surface area contributed by atoms with Crippen molar-refractivity contribution < 1.29 is 9.90 Å². The van der Waals surface area contributed by atoms with Gasteiger partial charge in [0.05, 0.1) is 0 Å². The number of likely N-dealkylation sites (tertiary alicyclic amines) is 1. The van der Waals surface area contributed by atoms with E-state index in [1.807, 2.05) is 24.3 Å². The summed E-state index contributed by atoms with van der Waals surface area (Å²) in [4.78, 5) is 14.6. The maximum Gasteiger partial charge on any atom is 0.253 e. The Bertz CT molecular complexity index is 660. The van der Waals surface area contributed by atoms with Crippen molar-refractivity contribution in [2.45, 2.75) is 25.5 Å². The summed E-state index contributed by atoms with van der Waals surface area (Å²) in [6.07, 6.45) is 1.17. The number of nitrogens with one attached hydrogen (secondary N) is 1. The largest absolute Gasteiger partial charge is 0.378 e. The van der Waals surface area contributed by atoms with Gasteiger partial charge in [-0.05, 0) is 36.4 Å². The molecule has 1 saturated heterocycles. The van der Waals surface area contributed by atoms with Crippen LogP contribution in [-0.2, 0) is 11.3 Å². The van der Waals surface area contributed by atoms with Crippen molar-refractivity contribution in [3.63, 3.8) is 0 Å². The first-order chi connectivity index (χ1) is 12.2. The van der Waals surface area contributed by atoms with Crippen molar-refractivity contribution in [3.8, 4) is 0 Å². The standard InChI is InChI=1S/C21H26N2O2/c24-20(19-11-5-2-6-12-19)21(25)22-14-18-10-7-13-23(16-18)15-17-8-3-1-4-9-17/h1-6,8-9,11-12,18,20,24H,7,10,13-16H2,(H,22,25)/t18-,20-/m0/s1. The highest BCUT2D eigenvalue weighted by molar-refractivity contribution is 5.81. The fourth-order valence-electron chi connectivity index (χ4n) is 3.43. The molecule has 1 heterocycles. The SMILES string of the molecule is O=C(NC[C@@H]1CCCN(Cc2ccccc2)C1)[C@@H](O)c1ccccc1. The first-order valence-electron chi connectivity index (χ1n) is 8.99. The van der Waals surface area contributed by atoms with Gasteiger partial charge in [0.25, 0.3) is 5.91 Å². The van der Waals surface area contributed by atoms with Crippen molar-refractivity contribution in [2.75, 3.05) is 19.6 Å². The topological polar surface area (TPSA) is 52.6 Å². The Labute approximate surface area is 149 Å². The van der Waals surface area contributed by atoms with Crippen molar-refractivity contribution >= 4 is 5.91 Å². The molecule has 0 saturated carbocycles. The molecule has 0 radical (unpaired) electrons. The quantitative estimate of drug-likeness (QED) is 0.851. The van der Waals surface area contributed by atoms with E-state index in [1.165, 1.54) is 5.56 Å². The number of nitrogens with zero attached hydrogens (tertiary/aromatic N) is 1. The Morgan fingerprint density at radius 1 is 1.12 bits per heavy atom. The molecule has 3 rings (SSSR count). The van der Waals surface area contributed by atoms with Gasteiger partial charge in [0.15, 0.2) is 6.10 Å². The number of aliphatic hydroxyl groups is 1. The molecule has 0 aliphatic carbocycles. The number of aliphatic hydroxyl groups excluding tert-OH is 1. The lowest BCUT2D eigenvalue weighted by atomic mass is 9.97. The van der Waals surface area contributed by atoms with Crippen LogP contribution in [0.25, 0.3) is 0 Å². The maximum absolute atomic E-state index is 12.2. The average molecular weight is 338 g/mol. The lowest BCUT2D eigenvalue weighted by Crippen LogP contribution is -2.41. The Kier molecular flexibility index (Phi) is 6.20. The van der Waals surface area contributed by atoms with Crippen LogP contribution in [0.2, 0.25) is 0 Å². The molecule has 0 aromatic heterocycles. The molecule has 1 aliphatic rings. The summed E-state index contributed by atoms with van der Waals surface area (Å²) in [6, 6.07) is 19.6. The molecule has 4 nitrogen and oxygen atoms in total. The summed E-state index contributed by atoms with van der Waals surface area (Å²) < 4.78 is 0. The molecule has 0 spiro atoms. The van der Waals surface area contributed by atoms with E-state index in [9.17, 15) is 9.90 Å². The normalized spacial score (nSPS) is 19.3. The highest BCUT2D eigenvalue weighted by Gasteiger charge is 2.22. The highest BCUT2D eigenvalue weighted by Crippen LogP contribution is 2.19. The second-order valence-corrected chi connectivity index (χ2v) is 6.79. The summed E-state index contributed by atoms with van der Waals surface area (Å²) in [5.74, 6) is 0.121. The predicted molar refractivity (Wildman–Crippen MR) is 98.9 cm³/mol. The van der Waals surface area contributed by atoms with Gasteiger partial charge in [-0.15, -0.1) is 0 Å². The summed E-state index contributed by atoms with van der Waals surface area (Å²) in [5, 5.41) is 13.1. The van der Waals surface area contributed by atoms with E-state index in [-0.39, 0.29) is 5.91 Å². The van der Waals surface area contributed by atoms with E-state index in [2.05, 4.69) is 34.5 Å². The average Bonchev–Trinajstić information content (AvgIpc) is 2.67. The number of rotatable bonds is 6. The zero-order valence-corrected chi connectivity index (χ0v) is 14.5. The third kappa shape index (κ3) is 5.15. The minimum atomic E-state index is -1.09. The van der Waals surface area contributed by atoms with Gasteiger partial charge in [-0.25, -0.2) is 0 Å². The molecule has 0 unspecified atom stereocenters. The molecule has 1 aliphatic heterocycles. The number of hydrogen-bond donors (Lipinski definition) is 2. The minimum Gasteiger partial charge on any atom is -0.378 e. The van der Waals surface area contributed by atoms with Crippen LogP contribution in [0.1, 0.15) is 30.1 Å². The van der Waals surface area contributed by atoms with Crippen LogP contribution in [0.3, 0.4) is 0 Å².